The normalized spacial score (nSPS) is 10.7. The average molecular weight is 367 g/mol. The third-order valence-corrected chi connectivity index (χ3v) is 4.72. The maximum Gasteiger partial charge on any atom is 0.236 e. The predicted molar refractivity (Wildman–Crippen MR) is 104 cm³/mol. The molecule has 7 heteroatoms. The van der Waals surface area contributed by atoms with Crippen LogP contribution in [-0.2, 0) is 17.6 Å². The average Bonchev–Trinajstić information content (AvgIpc) is 3.15. The molecule has 0 fully saturated rings. The molecule has 0 aliphatic heterocycles. The molecule has 0 atom stereocenters. The standard InChI is InChI=1S/C19H21N5OS/c1-3-13-8-10-14(11-9-13)18-22-19(24-23-18)26-12-17(25)21-16-7-5-6-15(4-2)20-16/h5-11H,3-4,12H2,1-2H3,(H,20,21,25)(H,22,23,24). The molecular weight excluding hydrogens is 346 g/mol. The highest BCUT2D eigenvalue weighted by atomic mass is 32.2. The third kappa shape index (κ3) is 4.70. The van der Waals surface area contributed by atoms with Crippen LogP contribution in [0.25, 0.3) is 11.4 Å². The van der Waals surface area contributed by atoms with Gasteiger partial charge < -0.3 is 5.32 Å². The molecule has 0 radical (unpaired) electrons. The molecule has 0 saturated heterocycles. The number of hydrogen-bond acceptors (Lipinski definition) is 5. The van der Waals surface area contributed by atoms with Crippen molar-refractivity contribution in [1.82, 2.24) is 20.2 Å². The summed E-state index contributed by atoms with van der Waals surface area (Å²) in [5, 5.41) is 10.4. The van der Waals surface area contributed by atoms with Gasteiger partial charge in [0.2, 0.25) is 11.1 Å². The van der Waals surface area contributed by atoms with Crippen molar-refractivity contribution in [3.63, 3.8) is 0 Å². The summed E-state index contributed by atoms with van der Waals surface area (Å²) in [5.41, 5.74) is 3.20. The smallest absolute Gasteiger partial charge is 0.236 e. The number of H-pyrrole nitrogens is 1. The van der Waals surface area contributed by atoms with Gasteiger partial charge in [0.1, 0.15) is 5.82 Å². The van der Waals surface area contributed by atoms with E-state index >= 15 is 0 Å². The van der Waals surface area contributed by atoms with E-state index in [-0.39, 0.29) is 11.7 Å². The van der Waals surface area contributed by atoms with Crippen molar-refractivity contribution < 1.29 is 4.79 Å². The van der Waals surface area contributed by atoms with Gasteiger partial charge in [0.25, 0.3) is 0 Å². The number of nitrogens with one attached hydrogen (secondary N) is 2. The molecular formula is C19H21N5OS. The van der Waals surface area contributed by atoms with E-state index in [4.69, 9.17) is 0 Å². The van der Waals surface area contributed by atoms with Gasteiger partial charge in [-0.05, 0) is 30.5 Å². The summed E-state index contributed by atoms with van der Waals surface area (Å²) in [6, 6.07) is 13.8. The summed E-state index contributed by atoms with van der Waals surface area (Å²) in [4.78, 5) is 20.9. The molecule has 1 amide bonds. The molecule has 2 N–H and O–H groups in total. The Morgan fingerprint density at radius 2 is 1.88 bits per heavy atom. The molecule has 3 rings (SSSR count). The van der Waals surface area contributed by atoms with E-state index in [0.717, 1.165) is 24.1 Å². The van der Waals surface area contributed by atoms with Crippen molar-refractivity contribution >= 4 is 23.5 Å². The van der Waals surface area contributed by atoms with Gasteiger partial charge in [-0.1, -0.05) is 55.9 Å². The number of carbonyl (C=O) groups excluding carboxylic acids is 1. The number of benzene rings is 1. The Hall–Kier alpha value is -2.67. The number of aromatic amines is 1. The van der Waals surface area contributed by atoms with Gasteiger partial charge in [0.05, 0.1) is 5.75 Å². The molecule has 2 aromatic heterocycles. The van der Waals surface area contributed by atoms with Crippen LogP contribution in [0.2, 0.25) is 0 Å². The first-order valence-electron chi connectivity index (χ1n) is 8.58. The fraction of sp³-hybridized carbons (Fsp3) is 0.263. The highest BCUT2D eigenvalue weighted by Crippen LogP contribution is 2.20. The molecule has 3 aromatic rings. The molecule has 134 valence electrons. The van der Waals surface area contributed by atoms with Crippen molar-refractivity contribution in [2.24, 2.45) is 0 Å². The Bertz CT molecular complexity index is 876. The number of anilines is 1. The Balaban J connectivity index is 1.56. The maximum atomic E-state index is 12.1. The summed E-state index contributed by atoms with van der Waals surface area (Å²) >= 11 is 1.29. The molecule has 0 spiro atoms. The lowest BCUT2D eigenvalue weighted by molar-refractivity contribution is -0.113. The molecule has 2 heterocycles. The zero-order valence-corrected chi connectivity index (χ0v) is 15.6. The van der Waals surface area contributed by atoms with E-state index in [2.05, 4.69) is 44.5 Å². The Morgan fingerprint density at radius 3 is 2.62 bits per heavy atom. The van der Waals surface area contributed by atoms with E-state index in [1.165, 1.54) is 17.3 Å². The predicted octanol–water partition coefficient (Wildman–Crippen LogP) is 3.72. The fourth-order valence-electron chi connectivity index (χ4n) is 2.39. The summed E-state index contributed by atoms with van der Waals surface area (Å²) < 4.78 is 0. The van der Waals surface area contributed by atoms with Gasteiger partial charge in [-0.15, -0.1) is 5.10 Å². The van der Waals surface area contributed by atoms with Crippen LogP contribution in [-0.4, -0.2) is 31.8 Å². The number of carbonyl (C=O) groups is 1. The highest BCUT2D eigenvalue weighted by Gasteiger charge is 2.10. The number of amides is 1. The minimum absolute atomic E-state index is 0.130. The first kappa shape index (κ1) is 18.1. The van der Waals surface area contributed by atoms with Crippen molar-refractivity contribution in [2.75, 3.05) is 11.1 Å². The number of rotatable bonds is 7. The van der Waals surface area contributed by atoms with E-state index < -0.39 is 0 Å². The third-order valence-electron chi connectivity index (χ3n) is 3.87. The van der Waals surface area contributed by atoms with Crippen LogP contribution in [0, 0.1) is 0 Å². The number of pyridine rings is 1. The van der Waals surface area contributed by atoms with Crippen molar-refractivity contribution in [1.29, 1.82) is 0 Å². The molecule has 0 unspecified atom stereocenters. The zero-order chi connectivity index (χ0) is 18.4. The fourth-order valence-corrected chi connectivity index (χ4v) is 2.99. The van der Waals surface area contributed by atoms with Crippen LogP contribution < -0.4 is 5.32 Å². The first-order valence-corrected chi connectivity index (χ1v) is 9.56. The Kier molecular flexibility index (Phi) is 6.01. The molecule has 6 nitrogen and oxygen atoms in total. The van der Waals surface area contributed by atoms with Gasteiger partial charge >= 0.3 is 0 Å². The van der Waals surface area contributed by atoms with Crippen LogP contribution in [0.1, 0.15) is 25.1 Å². The van der Waals surface area contributed by atoms with Gasteiger partial charge in [-0.25, -0.2) is 9.97 Å². The monoisotopic (exact) mass is 367 g/mol. The number of thioether (sulfide) groups is 1. The number of aryl methyl sites for hydroxylation is 2. The van der Waals surface area contributed by atoms with E-state index in [1.54, 1.807) is 6.07 Å². The van der Waals surface area contributed by atoms with E-state index in [1.807, 2.05) is 31.2 Å². The van der Waals surface area contributed by atoms with Gasteiger partial charge in [-0.3, -0.25) is 9.89 Å². The van der Waals surface area contributed by atoms with Crippen molar-refractivity contribution in [2.45, 2.75) is 31.8 Å². The number of hydrogen-bond donors (Lipinski definition) is 2. The lowest BCUT2D eigenvalue weighted by Crippen LogP contribution is -2.15. The summed E-state index contributed by atoms with van der Waals surface area (Å²) in [7, 11) is 0. The SMILES string of the molecule is CCc1ccc(-c2nc(SCC(=O)Nc3cccc(CC)n3)n[nH]2)cc1. The quantitative estimate of drug-likeness (QED) is 0.622. The molecule has 26 heavy (non-hydrogen) atoms. The Labute approximate surface area is 156 Å². The highest BCUT2D eigenvalue weighted by molar-refractivity contribution is 7.99. The van der Waals surface area contributed by atoms with Crippen molar-refractivity contribution in [3.05, 3.63) is 53.7 Å². The molecule has 0 aliphatic rings. The number of nitrogens with zero attached hydrogens (tertiary/aromatic N) is 3. The number of aromatic nitrogens is 4. The van der Waals surface area contributed by atoms with Crippen molar-refractivity contribution in [3.8, 4) is 11.4 Å². The van der Waals surface area contributed by atoms with Crippen LogP contribution in [0.4, 0.5) is 5.82 Å². The van der Waals surface area contributed by atoms with Crippen LogP contribution >= 0.6 is 11.8 Å². The summed E-state index contributed by atoms with van der Waals surface area (Å²) in [5.74, 6) is 1.37. The zero-order valence-electron chi connectivity index (χ0n) is 14.8. The molecule has 0 aliphatic carbocycles. The second-order valence-corrected chi connectivity index (χ2v) is 6.66. The van der Waals surface area contributed by atoms with Gasteiger partial charge in [0.15, 0.2) is 5.82 Å². The largest absolute Gasteiger partial charge is 0.310 e. The summed E-state index contributed by atoms with van der Waals surface area (Å²) in [6.45, 7) is 4.15. The Morgan fingerprint density at radius 1 is 1.08 bits per heavy atom. The second kappa shape index (κ2) is 8.62. The molecule has 0 saturated carbocycles. The lowest BCUT2D eigenvalue weighted by atomic mass is 10.1. The first-order chi connectivity index (χ1) is 12.7. The maximum absolute atomic E-state index is 12.1. The van der Waals surface area contributed by atoms with Crippen LogP contribution in [0.3, 0.4) is 0 Å². The molecule has 0 bridgehead atoms. The minimum Gasteiger partial charge on any atom is -0.310 e. The lowest BCUT2D eigenvalue weighted by Gasteiger charge is -2.04. The van der Waals surface area contributed by atoms with E-state index in [9.17, 15) is 4.79 Å². The topological polar surface area (TPSA) is 83.6 Å². The van der Waals surface area contributed by atoms with E-state index in [0.29, 0.717) is 16.8 Å². The van der Waals surface area contributed by atoms with Gasteiger partial charge in [0, 0.05) is 11.3 Å². The van der Waals surface area contributed by atoms with Crippen LogP contribution in [0.5, 0.6) is 0 Å². The minimum atomic E-state index is -0.130. The van der Waals surface area contributed by atoms with Crippen LogP contribution in [0.15, 0.2) is 47.6 Å². The van der Waals surface area contributed by atoms with Gasteiger partial charge in [-0.2, -0.15) is 0 Å². The second-order valence-electron chi connectivity index (χ2n) is 5.72. The summed E-state index contributed by atoms with van der Waals surface area (Å²) in [6.07, 6.45) is 1.83. The molecule has 1 aromatic carbocycles.